The Morgan fingerprint density at radius 1 is 1.30 bits per heavy atom. The fraction of sp³-hybridized carbons (Fsp3) is 0.467. The highest BCUT2D eigenvalue weighted by Gasteiger charge is 2.23. The highest BCUT2D eigenvalue weighted by Crippen LogP contribution is 2.32. The average molecular weight is 279 g/mol. The fourth-order valence-corrected chi connectivity index (χ4v) is 2.07. The molecule has 20 heavy (non-hydrogen) atoms. The Morgan fingerprint density at radius 3 is 2.40 bits per heavy atom. The first kappa shape index (κ1) is 16.2. The molecule has 5 heteroatoms. The first-order chi connectivity index (χ1) is 9.42. The molecule has 0 aliphatic rings. The molecule has 1 aromatic rings. The summed E-state index contributed by atoms with van der Waals surface area (Å²) >= 11 is 0. The van der Waals surface area contributed by atoms with E-state index in [-0.39, 0.29) is 24.0 Å². The molecule has 1 rings (SSSR count). The lowest BCUT2D eigenvalue weighted by molar-refractivity contribution is -0.131. The fourth-order valence-electron chi connectivity index (χ4n) is 2.07. The SMILES string of the molecule is CCOC(=O)c1ccc(CC)c(C(C)N)c1OC(C)=O. The summed E-state index contributed by atoms with van der Waals surface area (Å²) in [5.41, 5.74) is 7.82. The minimum absolute atomic E-state index is 0.213. The molecule has 0 saturated carbocycles. The van der Waals surface area contributed by atoms with Crippen LogP contribution in [0.15, 0.2) is 12.1 Å². The summed E-state index contributed by atoms with van der Waals surface area (Å²) < 4.78 is 10.2. The summed E-state index contributed by atoms with van der Waals surface area (Å²) in [6.45, 7) is 7.02. The van der Waals surface area contributed by atoms with Gasteiger partial charge in [-0.25, -0.2) is 4.79 Å². The quantitative estimate of drug-likeness (QED) is 0.661. The molecular weight excluding hydrogens is 258 g/mol. The number of esters is 2. The average Bonchev–Trinajstić information content (AvgIpc) is 2.37. The number of carbonyl (C=O) groups excluding carboxylic acids is 2. The first-order valence-electron chi connectivity index (χ1n) is 6.69. The highest BCUT2D eigenvalue weighted by atomic mass is 16.5. The van der Waals surface area contributed by atoms with Crippen molar-refractivity contribution in [2.24, 2.45) is 5.73 Å². The van der Waals surface area contributed by atoms with E-state index in [2.05, 4.69) is 0 Å². The lowest BCUT2D eigenvalue weighted by atomic mass is 9.95. The van der Waals surface area contributed by atoms with E-state index in [4.69, 9.17) is 15.2 Å². The number of hydrogen-bond donors (Lipinski definition) is 1. The van der Waals surface area contributed by atoms with Crippen LogP contribution in [0.1, 0.15) is 55.2 Å². The van der Waals surface area contributed by atoms with E-state index in [0.717, 1.165) is 12.0 Å². The summed E-state index contributed by atoms with van der Waals surface area (Å²) in [5, 5.41) is 0. The number of ether oxygens (including phenoxy) is 2. The van der Waals surface area contributed by atoms with Crippen molar-refractivity contribution in [1.29, 1.82) is 0 Å². The predicted molar refractivity (Wildman–Crippen MR) is 75.7 cm³/mol. The zero-order valence-electron chi connectivity index (χ0n) is 12.4. The topological polar surface area (TPSA) is 78.6 Å². The van der Waals surface area contributed by atoms with E-state index in [1.807, 2.05) is 13.0 Å². The van der Waals surface area contributed by atoms with Crippen LogP contribution < -0.4 is 10.5 Å². The number of aryl methyl sites for hydroxylation is 1. The maximum Gasteiger partial charge on any atom is 0.341 e. The normalized spacial score (nSPS) is 11.8. The van der Waals surface area contributed by atoms with E-state index < -0.39 is 11.9 Å². The van der Waals surface area contributed by atoms with Crippen molar-refractivity contribution in [3.05, 3.63) is 28.8 Å². The van der Waals surface area contributed by atoms with E-state index in [9.17, 15) is 9.59 Å². The van der Waals surface area contributed by atoms with Gasteiger partial charge in [-0.2, -0.15) is 0 Å². The molecule has 0 heterocycles. The van der Waals surface area contributed by atoms with Crippen LogP contribution >= 0.6 is 0 Å². The minimum Gasteiger partial charge on any atom is -0.462 e. The molecule has 0 saturated heterocycles. The van der Waals surface area contributed by atoms with E-state index in [1.165, 1.54) is 6.92 Å². The zero-order chi connectivity index (χ0) is 15.3. The van der Waals surface area contributed by atoms with E-state index >= 15 is 0 Å². The van der Waals surface area contributed by atoms with Crippen LogP contribution in [0.2, 0.25) is 0 Å². The molecular formula is C15H21NO4. The van der Waals surface area contributed by atoms with Crippen LogP contribution in [0.3, 0.4) is 0 Å². The van der Waals surface area contributed by atoms with Gasteiger partial charge in [0.25, 0.3) is 0 Å². The summed E-state index contributed by atoms with van der Waals surface area (Å²) in [6.07, 6.45) is 0.730. The molecule has 0 aliphatic carbocycles. The maximum atomic E-state index is 12.0. The van der Waals surface area contributed by atoms with Gasteiger partial charge in [0.1, 0.15) is 11.3 Å². The molecule has 110 valence electrons. The van der Waals surface area contributed by atoms with Crippen LogP contribution in [0, 0.1) is 0 Å². The minimum atomic E-state index is -0.520. The van der Waals surface area contributed by atoms with Gasteiger partial charge >= 0.3 is 11.9 Å². The molecule has 0 bridgehead atoms. The maximum absolute atomic E-state index is 12.0. The van der Waals surface area contributed by atoms with Crippen LogP contribution in [-0.2, 0) is 16.0 Å². The van der Waals surface area contributed by atoms with Gasteiger partial charge in [-0.05, 0) is 31.9 Å². The van der Waals surface area contributed by atoms with Crippen LogP contribution in [0.4, 0.5) is 0 Å². The molecule has 2 N–H and O–H groups in total. The summed E-state index contributed by atoms with van der Waals surface area (Å²) in [7, 11) is 0. The Hall–Kier alpha value is -1.88. The van der Waals surface area contributed by atoms with Crippen molar-refractivity contribution < 1.29 is 19.1 Å². The zero-order valence-corrected chi connectivity index (χ0v) is 12.4. The largest absolute Gasteiger partial charge is 0.462 e. The van der Waals surface area contributed by atoms with Crippen molar-refractivity contribution in [1.82, 2.24) is 0 Å². The lowest BCUT2D eigenvalue weighted by Gasteiger charge is -2.19. The summed E-state index contributed by atoms with van der Waals surface area (Å²) in [6, 6.07) is 3.08. The Bertz CT molecular complexity index is 509. The Morgan fingerprint density at radius 2 is 1.95 bits per heavy atom. The second-order valence-electron chi connectivity index (χ2n) is 4.47. The highest BCUT2D eigenvalue weighted by molar-refractivity contribution is 5.94. The number of rotatable bonds is 5. The molecule has 0 aromatic heterocycles. The second-order valence-corrected chi connectivity index (χ2v) is 4.47. The van der Waals surface area contributed by atoms with Gasteiger partial charge in [-0.3, -0.25) is 4.79 Å². The molecule has 0 spiro atoms. The Balaban J connectivity index is 3.47. The van der Waals surface area contributed by atoms with Gasteiger partial charge in [0.15, 0.2) is 0 Å². The molecule has 0 fully saturated rings. The van der Waals surface area contributed by atoms with Crippen molar-refractivity contribution in [3.63, 3.8) is 0 Å². The van der Waals surface area contributed by atoms with Gasteiger partial charge in [0, 0.05) is 18.5 Å². The first-order valence-corrected chi connectivity index (χ1v) is 6.69. The van der Waals surface area contributed by atoms with Gasteiger partial charge in [-0.15, -0.1) is 0 Å². The molecule has 0 amide bonds. The van der Waals surface area contributed by atoms with Gasteiger partial charge in [-0.1, -0.05) is 13.0 Å². The third kappa shape index (κ3) is 3.57. The number of carbonyl (C=O) groups is 2. The second kappa shape index (κ2) is 7.05. The number of benzene rings is 1. The van der Waals surface area contributed by atoms with Crippen molar-refractivity contribution >= 4 is 11.9 Å². The summed E-state index contributed by atoms with van der Waals surface area (Å²) in [4.78, 5) is 23.3. The number of nitrogens with two attached hydrogens (primary N) is 1. The lowest BCUT2D eigenvalue weighted by Crippen LogP contribution is -2.17. The van der Waals surface area contributed by atoms with Crippen molar-refractivity contribution in [2.45, 2.75) is 40.2 Å². The third-order valence-electron chi connectivity index (χ3n) is 2.86. The predicted octanol–water partition coefficient (Wildman–Crippen LogP) is 2.37. The molecule has 1 unspecified atom stereocenters. The standard InChI is InChI=1S/C15H21NO4/c1-5-11-7-8-12(15(18)19-6-2)14(20-10(4)17)13(11)9(3)16/h7-9H,5-6,16H2,1-4H3. The number of hydrogen-bond acceptors (Lipinski definition) is 5. The van der Waals surface area contributed by atoms with Gasteiger partial charge < -0.3 is 15.2 Å². The molecule has 0 radical (unpaired) electrons. The molecule has 0 aliphatic heterocycles. The van der Waals surface area contributed by atoms with Crippen LogP contribution in [0.25, 0.3) is 0 Å². The van der Waals surface area contributed by atoms with E-state index in [0.29, 0.717) is 5.56 Å². The molecule has 1 atom stereocenters. The van der Waals surface area contributed by atoms with Crippen molar-refractivity contribution in [2.75, 3.05) is 6.61 Å². The van der Waals surface area contributed by atoms with E-state index in [1.54, 1.807) is 19.9 Å². The smallest absolute Gasteiger partial charge is 0.341 e. The van der Waals surface area contributed by atoms with Gasteiger partial charge in [0.2, 0.25) is 0 Å². The van der Waals surface area contributed by atoms with Crippen molar-refractivity contribution in [3.8, 4) is 5.75 Å². The monoisotopic (exact) mass is 279 g/mol. The molecule has 1 aromatic carbocycles. The molecule has 5 nitrogen and oxygen atoms in total. The third-order valence-corrected chi connectivity index (χ3v) is 2.86. The Labute approximate surface area is 119 Å². The van der Waals surface area contributed by atoms with Crippen LogP contribution in [0.5, 0.6) is 5.75 Å². The summed E-state index contributed by atoms with van der Waals surface area (Å²) in [5.74, 6) is -0.802. The van der Waals surface area contributed by atoms with Crippen LogP contribution in [-0.4, -0.2) is 18.5 Å². The van der Waals surface area contributed by atoms with Gasteiger partial charge in [0.05, 0.1) is 6.61 Å². The Kier molecular flexibility index (Phi) is 5.70.